The van der Waals surface area contributed by atoms with Gasteiger partial charge in [-0.1, -0.05) is 13.8 Å². The largest absolute Gasteiger partial charge is 0.481 e. The molecule has 0 aliphatic heterocycles. The highest BCUT2D eigenvalue weighted by Crippen LogP contribution is 2.14. The van der Waals surface area contributed by atoms with Gasteiger partial charge in [0.05, 0.1) is 12.0 Å². The molecule has 0 rings (SSSR count). The Kier molecular flexibility index (Phi) is 4.86. The van der Waals surface area contributed by atoms with Crippen molar-refractivity contribution >= 4 is 5.97 Å². The Morgan fingerprint density at radius 2 is 2.00 bits per heavy atom. The molecule has 0 aromatic carbocycles. The summed E-state index contributed by atoms with van der Waals surface area (Å²) in [5, 5.41) is 8.73. The van der Waals surface area contributed by atoms with E-state index in [0.717, 1.165) is 6.42 Å². The van der Waals surface area contributed by atoms with Crippen molar-refractivity contribution in [2.45, 2.75) is 32.8 Å². The number of rotatable bonds is 5. The van der Waals surface area contributed by atoms with Crippen LogP contribution in [-0.2, 0) is 9.53 Å². The molecule has 0 aromatic rings. The van der Waals surface area contributed by atoms with Crippen molar-refractivity contribution in [1.82, 2.24) is 0 Å². The summed E-state index contributed by atoms with van der Waals surface area (Å²) in [7, 11) is 1.56. The van der Waals surface area contributed by atoms with Crippen molar-refractivity contribution in [2.24, 2.45) is 5.92 Å². The first-order valence-electron chi connectivity index (χ1n) is 3.92. The number of methoxy groups -OCH3 is 1. The molecule has 2 unspecified atom stereocenters. The number of carboxylic acid groups (broad SMARTS) is 1. The van der Waals surface area contributed by atoms with Crippen molar-refractivity contribution in [3.63, 3.8) is 0 Å². The molecule has 66 valence electrons. The molecule has 0 fully saturated rings. The van der Waals surface area contributed by atoms with Crippen LogP contribution in [0.3, 0.4) is 0 Å². The van der Waals surface area contributed by atoms with Crippen LogP contribution in [0.4, 0.5) is 0 Å². The number of ether oxygens (including phenoxy) is 1. The van der Waals surface area contributed by atoms with E-state index >= 15 is 0 Å². The highest BCUT2D eigenvalue weighted by atomic mass is 16.5. The summed E-state index contributed by atoms with van der Waals surface area (Å²) in [5.74, 6) is -1.12. The fraction of sp³-hybridized carbons (Fsp3) is 0.875. The van der Waals surface area contributed by atoms with Gasteiger partial charge in [0.25, 0.3) is 0 Å². The average molecular weight is 160 g/mol. The summed E-state index contributed by atoms with van der Waals surface area (Å²) >= 11 is 0. The minimum atomic E-state index is -0.763. The zero-order valence-corrected chi connectivity index (χ0v) is 7.33. The van der Waals surface area contributed by atoms with Gasteiger partial charge in [-0.05, 0) is 12.8 Å². The van der Waals surface area contributed by atoms with Crippen LogP contribution in [0.15, 0.2) is 0 Å². The van der Waals surface area contributed by atoms with Gasteiger partial charge in [0.1, 0.15) is 0 Å². The first-order valence-corrected chi connectivity index (χ1v) is 3.92. The standard InChI is InChI=1S/C8H16O3/c1-4-6(8(9)10)7(5-2)11-3/h6-7H,4-5H2,1-3H3,(H,9,10). The topological polar surface area (TPSA) is 46.5 Å². The van der Waals surface area contributed by atoms with Gasteiger partial charge in [-0.2, -0.15) is 0 Å². The van der Waals surface area contributed by atoms with Gasteiger partial charge in [0.15, 0.2) is 0 Å². The van der Waals surface area contributed by atoms with Crippen LogP contribution in [0.1, 0.15) is 26.7 Å². The maximum absolute atomic E-state index is 10.6. The lowest BCUT2D eigenvalue weighted by Gasteiger charge is -2.19. The van der Waals surface area contributed by atoms with E-state index in [0.29, 0.717) is 6.42 Å². The summed E-state index contributed by atoms with van der Waals surface area (Å²) in [6, 6.07) is 0. The van der Waals surface area contributed by atoms with E-state index in [-0.39, 0.29) is 12.0 Å². The molecular formula is C8H16O3. The Morgan fingerprint density at radius 1 is 1.45 bits per heavy atom. The molecule has 2 atom stereocenters. The molecule has 0 bridgehead atoms. The Labute approximate surface area is 67.4 Å². The minimum Gasteiger partial charge on any atom is -0.481 e. The molecule has 0 saturated carbocycles. The summed E-state index contributed by atoms with van der Waals surface area (Å²) < 4.78 is 5.03. The summed E-state index contributed by atoms with van der Waals surface area (Å²) in [4.78, 5) is 10.6. The van der Waals surface area contributed by atoms with Crippen LogP contribution in [0.5, 0.6) is 0 Å². The maximum Gasteiger partial charge on any atom is 0.309 e. The van der Waals surface area contributed by atoms with E-state index in [9.17, 15) is 4.79 Å². The predicted octanol–water partition coefficient (Wildman–Crippen LogP) is 1.52. The fourth-order valence-corrected chi connectivity index (χ4v) is 1.21. The first kappa shape index (κ1) is 10.4. The third-order valence-corrected chi connectivity index (χ3v) is 1.91. The monoisotopic (exact) mass is 160 g/mol. The van der Waals surface area contributed by atoms with Crippen molar-refractivity contribution in [2.75, 3.05) is 7.11 Å². The van der Waals surface area contributed by atoms with E-state index in [1.54, 1.807) is 7.11 Å². The number of hydrogen-bond donors (Lipinski definition) is 1. The molecule has 0 heterocycles. The van der Waals surface area contributed by atoms with E-state index in [1.165, 1.54) is 0 Å². The van der Waals surface area contributed by atoms with Crippen LogP contribution in [-0.4, -0.2) is 24.3 Å². The molecule has 3 heteroatoms. The van der Waals surface area contributed by atoms with Crippen LogP contribution < -0.4 is 0 Å². The number of carboxylic acids is 1. The third kappa shape index (κ3) is 2.89. The number of carbonyl (C=O) groups is 1. The van der Waals surface area contributed by atoms with E-state index < -0.39 is 5.97 Å². The van der Waals surface area contributed by atoms with Gasteiger partial charge in [-0.15, -0.1) is 0 Å². The molecule has 0 aliphatic carbocycles. The lowest BCUT2D eigenvalue weighted by atomic mass is 9.98. The number of aliphatic carboxylic acids is 1. The molecule has 3 nitrogen and oxygen atoms in total. The van der Waals surface area contributed by atoms with Gasteiger partial charge >= 0.3 is 5.97 Å². The molecule has 0 aliphatic rings. The first-order chi connectivity index (χ1) is 5.17. The molecule has 11 heavy (non-hydrogen) atoms. The third-order valence-electron chi connectivity index (χ3n) is 1.91. The van der Waals surface area contributed by atoms with Gasteiger partial charge in [0, 0.05) is 7.11 Å². The van der Waals surface area contributed by atoms with E-state index in [2.05, 4.69) is 0 Å². The van der Waals surface area contributed by atoms with Gasteiger partial charge in [0.2, 0.25) is 0 Å². The Balaban J connectivity index is 4.09. The molecule has 0 saturated heterocycles. The Bertz CT molecular complexity index is 119. The molecule has 0 radical (unpaired) electrons. The Morgan fingerprint density at radius 3 is 2.09 bits per heavy atom. The quantitative estimate of drug-likeness (QED) is 0.663. The predicted molar refractivity (Wildman–Crippen MR) is 42.5 cm³/mol. The molecule has 0 amide bonds. The summed E-state index contributed by atoms with van der Waals surface area (Å²) in [5.41, 5.74) is 0. The van der Waals surface area contributed by atoms with Gasteiger partial charge < -0.3 is 9.84 Å². The van der Waals surface area contributed by atoms with Crippen molar-refractivity contribution in [3.05, 3.63) is 0 Å². The highest BCUT2D eigenvalue weighted by Gasteiger charge is 2.24. The normalized spacial score (nSPS) is 15.9. The highest BCUT2D eigenvalue weighted by molar-refractivity contribution is 5.70. The fourth-order valence-electron chi connectivity index (χ4n) is 1.21. The Hall–Kier alpha value is -0.570. The zero-order chi connectivity index (χ0) is 8.85. The van der Waals surface area contributed by atoms with E-state index in [1.807, 2.05) is 13.8 Å². The average Bonchev–Trinajstić information content (AvgIpc) is 1.99. The van der Waals surface area contributed by atoms with Crippen LogP contribution in [0, 0.1) is 5.92 Å². The lowest BCUT2D eigenvalue weighted by molar-refractivity contribution is -0.146. The van der Waals surface area contributed by atoms with Crippen LogP contribution >= 0.6 is 0 Å². The lowest BCUT2D eigenvalue weighted by Crippen LogP contribution is -2.28. The second-order valence-electron chi connectivity index (χ2n) is 2.54. The second kappa shape index (κ2) is 5.13. The summed E-state index contributed by atoms with van der Waals surface area (Å²) in [6.07, 6.45) is 1.24. The maximum atomic E-state index is 10.6. The molecule has 0 spiro atoms. The van der Waals surface area contributed by atoms with Gasteiger partial charge in [-0.3, -0.25) is 4.79 Å². The molecule has 0 aromatic heterocycles. The van der Waals surface area contributed by atoms with Crippen molar-refractivity contribution in [3.8, 4) is 0 Å². The molecular weight excluding hydrogens is 144 g/mol. The van der Waals surface area contributed by atoms with Crippen molar-refractivity contribution in [1.29, 1.82) is 0 Å². The summed E-state index contributed by atoms with van der Waals surface area (Å²) in [6.45, 7) is 3.79. The zero-order valence-electron chi connectivity index (χ0n) is 7.33. The van der Waals surface area contributed by atoms with Gasteiger partial charge in [-0.25, -0.2) is 0 Å². The van der Waals surface area contributed by atoms with E-state index in [4.69, 9.17) is 9.84 Å². The second-order valence-corrected chi connectivity index (χ2v) is 2.54. The minimum absolute atomic E-state index is 0.141. The smallest absolute Gasteiger partial charge is 0.309 e. The van der Waals surface area contributed by atoms with Crippen LogP contribution in [0.2, 0.25) is 0 Å². The molecule has 1 N–H and O–H groups in total. The SMILES string of the molecule is CCC(OC)C(CC)C(=O)O. The number of hydrogen-bond acceptors (Lipinski definition) is 2. The van der Waals surface area contributed by atoms with Crippen LogP contribution in [0.25, 0.3) is 0 Å². The van der Waals surface area contributed by atoms with Crippen molar-refractivity contribution < 1.29 is 14.6 Å².